The maximum Gasteiger partial charge on any atom is 0.263 e. The summed E-state index contributed by atoms with van der Waals surface area (Å²) >= 11 is 5.90. The summed E-state index contributed by atoms with van der Waals surface area (Å²) in [4.78, 5) is 25.1. The standard InChI is InChI=1S/C16H17ClN8O2/c17-9-5-21-14-12(13(18)24-25(14)7-9)15(26)23-11-6-20-8-22-16(11)27-10-1-3-19-4-2-10/h5-8,10,19H,1-4H2,(H2,18,24)(H,23,26). The van der Waals surface area contributed by atoms with Crippen molar-refractivity contribution in [3.8, 4) is 5.88 Å². The summed E-state index contributed by atoms with van der Waals surface area (Å²) in [5.41, 5.74) is 6.70. The number of fused-ring (bicyclic) bond motifs is 1. The van der Waals surface area contributed by atoms with Gasteiger partial charge in [0.05, 0.1) is 17.4 Å². The highest BCUT2D eigenvalue weighted by Crippen LogP contribution is 2.25. The minimum atomic E-state index is -0.484. The van der Waals surface area contributed by atoms with E-state index in [4.69, 9.17) is 22.1 Å². The van der Waals surface area contributed by atoms with Crippen molar-refractivity contribution in [2.24, 2.45) is 0 Å². The molecule has 140 valence electrons. The molecule has 1 saturated heterocycles. The van der Waals surface area contributed by atoms with Crippen molar-refractivity contribution in [1.29, 1.82) is 0 Å². The second-order valence-electron chi connectivity index (χ2n) is 6.06. The van der Waals surface area contributed by atoms with Crippen LogP contribution in [0.1, 0.15) is 23.2 Å². The third kappa shape index (κ3) is 3.62. The maximum atomic E-state index is 12.8. The molecule has 0 saturated carbocycles. The monoisotopic (exact) mass is 388 g/mol. The van der Waals surface area contributed by atoms with Gasteiger partial charge in [0.2, 0.25) is 5.88 Å². The minimum Gasteiger partial charge on any atom is -0.473 e. The fourth-order valence-electron chi connectivity index (χ4n) is 2.90. The Bertz CT molecular complexity index is 986. The molecule has 1 fully saturated rings. The molecule has 1 aliphatic rings. The Morgan fingerprint density at radius 3 is 2.96 bits per heavy atom. The van der Waals surface area contributed by atoms with Gasteiger partial charge in [0.25, 0.3) is 5.91 Å². The first-order valence-electron chi connectivity index (χ1n) is 8.40. The predicted octanol–water partition coefficient (Wildman–Crippen LogP) is 1.14. The highest BCUT2D eigenvalue weighted by molar-refractivity contribution is 6.30. The van der Waals surface area contributed by atoms with E-state index in [1.807, 2.05) is 0 Å². The van der Waals surface area contributed by atoms with Crippen LogP contribution in [0.15, 0.2) is 24.9 Å². The quantitative estimate of drug-likeness (QED) is 0.606. The zero-order chi connectivity index (χ0) is 18.8. The highest BCUT2D eigenvalue weighted by atomic mass is 35.5. The van der Waals surface area contributed by atoms with Crippen molar-refractivity contribution in [3.05, 3.63) is 35.5 Å². The lowest BCUT2D eigenvalue weighted by atomic mass is 10.1. The summed E-state index contributed by atoms with van der Waals surface area (Å²) in [6.45, 7) is 1.76. The van der Waals surface area contributed by atoms with Crippen LogP contribution in [0.5, 0.6) is 5.88 Å². The van der Waals surface area contributed by atoms with Crippen molar-refractivity contribution in [1.82, 2.24) is 29.9 Å². The van der Waals surface area contributed by atoms with Crippen molar-refractivity contribution in [2.45, 2.75) is 18.9 Å². The van der Waals surface area contributed by atoms with Gasteiger partial charge >= 0.3 is 0 Å². The van der Waals surface area contributed by atoms with Gasteiger partial charge in [0.15, 0.2) is 11.5 Å². The maximum absolute atomic E-state index is 12.8. The van der Waals surface area contributed by atoms with Crippen molar-refractivity contribution in [2.75, 3.05) is 24.1 Å². The van der Waals surface area contributed by atoms with Crippen LogP contribution in [0.4, 0.5) is 11.5 Å². The molecule has 1 amide bonds. The number of amides is 1. The number of piperidine rings is 1. The Hall–Kier alpha value is -2.98. The van der Waals surface area contributed by atoms with Gasteiger partial charge in [-0.25, -0.2) is 14.5 Å². The van der Waals surface area contributed by atoms with Crippen molar-refractivity contribution in [3.63, 3.8) is 0 Å². The van der Waals surface area contributed by atoms with Crippen LogP contribution in [0.3, 0.4) is 0 Å². The Balaban J connectivity index is 1.59. The third-order valence-corrected chi connectivity index (χ3v) is 4.38. The van der Waals surface area contributed by atoms with Crippen molar-refractivity contribution >= 4 is 34.7 Å². The number of carbonyl (C=O) groups excluding carboxylic acids is 1. The van der Waals surface area contributed by atoms with Crippen molar-refractivity contribution < 1.29 is 9.53 Å². The molecule has 11 heteroatoms. The van der Waals surface area contributed by atoms with E-state index in [9.17, 15) is 4.79 Å². The fraction of sp³-hybridized carbons (Fsp3) is 0.312. The Morgan fingerprint density at radius 2 is 2.15 bits per heavy atom. The van der Waals surface area contributed by atoms with Gasteiger partial charge in [-0.05, 0) is 25.9 Å². The van der Waals surface area contributed by atoms with E-state index < -0.39 is 5.91 Å². The molecule has 10 nitrogen and oxygen atoms in total. The molecule has 27 heavy (non-hydrogen) atoms. The molecule has 4 heterocycles. The number of carbonyl (C=O) groups is 1. The Kier molecular flexibility index (Phi) is 4.73. The number of aromatic nitrogens is 5. The number of nitrogens with zero attached hydrogens (tertiary/aromatic N) is 5. The van der Waals surface area contributed by atoms with Crippen LogP contribution >= 0.6 is 11.6 Å². The van der Waals surface area contributed by atoms with Crippen LogP contribution in [0, 0.1) is 0 Å². The summed E-state index contributed by atoms with van der Waals surface area (Å²) < 4.78 is 7.31. The number of nitrogen functional groups attached to an aromatic ring is 1. The van der Waals surface area contributed by atoms with Gasteiger partial charge in [-0.15, -0.1) is 5.10 Å². The summed E-state index contributed by atoms with van der Waals surface area (Å²) in [6, 6.07) is 0. The van der Waals surface area contributed by atoms with Gasteiger partial charge in [-0.3, -0.25) is 4.79 Å². The minimum absolute atomic E-state index is 0.0302. The molecular weight excluding hydrogens is 372 g/mol. The number of nitrogens with two attached hydrogens (primary N) is 1. The molecule has 0 radical (unpaired) electrons. The third-order valence-electron chi connectivity index (χ3n) is 4.18. The van der Waals surface area contributed by atoms with E-state index in [1.165, 1.54) is 29.4 Å². The predicted molar refractivity (Wildman–Crippen MR) is 98.9 cm³/mol. The number of ether oxygens (including phenoxy) is 1. The average molecular weight is 389 g/mol. The fourth-order valence-corrected chi connectivity index (χ4v) is 3.04. The molecule has 0 aromatic carbocycles. The van der Waals surface area contributed by atoms with Crippen LogP contribution in [0.25, 0.3) is 5.65 Å². The molecule has 0 aliphatic carbocycles. The molecule has 4 rings (SSSR count). The number of halogens is 1. The molecule has 3 aromatic heterocycles. The van der Waals surface area contributed by atoms with Crippen LogP contribution in [0.2, 0.25) is 5.02 Å². The zero-order valence-corrected chi connectivity index (χ0v) is 15.0. The molecule has 1 aliphatic heterocycles. The largest absolute Gasteiger partial charge is 0.473 e. The van der Waals surface area contributed by atoms with Gasteiger partial charge < -0.3 is 21.1 Å². The number of nitrogens with one attached hydrogen (secondary N) is 2. The smallest absolute Gasteiger partial charge is 0.263 e. The highest BCUT2D eigenvalue weighted by Gasteiger charge is 2.22. The Labute approximate surface area is 159 Å². The molecule has 0 bridgehead atoms. The molecule has 0 atom stereocenters. The second kappa shape index (κ2) is 7.33. The summed E-state index contributed by atoms with van der Waals surface area (Å²) in [5.74, 6) is -0.126. The van der Waals surface area contributed by atoms with E-state index in [-0.39, 0.29) is 17.5 Å². The van der Waals surface area contributed by atoms with Gasteiger partial charge in [-0.1, -0.05) is 11.6 Å². The molecule has 0 unspecified atom stereocenters. The number of anilines is 2. The molecule has 3 aromatic rings. The lowest BCUT2D eigenvalue weighted by Gasteiger charge is -2.24. The number of hydrogen-bond acceptors (Lipinski definition) is 8. The average Bonchev–Trinajstić information content (AvgIpc) is 2.99. The molecular formula is C16H17ClN8O2. The van der Waals surface area contributed by atoms with Crippen LogP contribution < -0.4 is 21.1 Å². The normalized spacial score (nSPS) is 15.0. The number of rotatable bonds is 4. The first-order valence-corrected chi connectivity index (χ1v) is 8.77. The van der Waals surface area contributed by atoms with Gasteiger partial charge in [0.1, 0.15) is 23.7 Å². The summed E-state index contributed by atoms with van der Waals surface area (Å²) in [5, 5.41) is 10.5. The number of hydrogen-bond donors (Lipinski definition) is 3. The lowest BCUT2D eigenvalue weighted by molar-refractivity contribution is 0.102. The summed E-state index contributed by atoms with van der Waals surface area (Å²) in [6.07, 6.45) is 7.56. The first-order chi connectivity index (χ1) is 13.1. The topological polar surface area (TPSA) is 132 Å². The lowest BCUT2D eigenvalue weighted by Crippen LogP contribution is -2.34. The van der Waals surface area contributed by atoms with E-state index in [2.05, 4.69) is 30.7 Å². The second-order valence-corrected chi connectivity index (χ2v) is 6.50. The van der Waals surface area contributed by atoms with E-state index in [0.717, 1.165) is 25.9 Å². The SMILES string of the molecule is Nc1nn2cc(Cl)cnc2c1C(=O)Nc1cncnc1OC1CCNCC1. The van der Waals surface area contributed by atoms with Gasteiger partial charge in [0, 0.05) is 6.20 Å². The van der Waals surface area contributed by atoms with E-state index >= 15 is 0 Å². The van der Waals surface area contributed by atoms with Crippen LogP contribution in [-0.2, 0) is 0 Å². The Morgan fingerprint density at radius 1 is 1.33 bits per heavy atom. The molecule has 0 spiro atoms. The van der Waals surface area contributed by atoms with E-state index in [0.29, 0.717) is 22.2 Å². The van der Waals surface area contributed by atoms with Gasteiger partial charge in [-0.2, -0.15) is 4.98 Å². The molecule has 4 N–H and O–H groups in total. The van der Waals surface area contributed by atoms with Crippen LogP contribution in [-0.4, -0.2) is 49.7 Å². The van der Waals surface area contributed by atoms with E-state index in [1.54, 1.807) is 0 Å². The summed E-state index contributed by atoms with van der Waals surface area (Å²) in [7, 11) is 0. The zero-order valence-electron chi connectivity index (χ0n) is 14.2. The first kappa shape index (κ1) is 17.4.